The van der Waals surface area contributed by atoms with Gasteiger partial charge in [0.25, 0.3) is 5.56 Å². The van der Waals surface area contributed by atoms with Crippen LogP contribution in [0.2, 0.25) is 0 Å². The molecule has 1 N–H and O–H groups in total. The molecule has 1 atom stereocenters. The fourth-order valence-corrected chi connectivity index (χ4v) is 2.50. The molecule has 1 aromatic carbocycles. The number of hydrogen-bond acceptors (Lipinski definition) is 2. The van der Waals surface area contributed by atoms with Gasteiger partial charge in [0.05, 0.1) is 10.9 Å². The quantitative estimate of drug-likeness (QED) is 0.845. The average Bonchev–Trinajstić information content (AvgIpc) is 2.29. The zero-order chi connectivity index (χ0) is 12.4. The summed E-state index contributed by atoms with van der Waals surface area (Å²) in [7, 11) is 0. The molecule has 0 aliphatic rings. The maximum Gasteiger partial charge on any atom is 0.262 e. The van der Waals surface area contributed by atoms with Gasteiger partial charge in [-0.05, 0) is 37.7 Å². The van der Waals surface area contributed by atoms with Gasteiger partial charge >= 0.3 is 0 Å². The minimum absolute atomic E-state index is 0.00491. The average molecular weight is 248 g/mol. The van der Waals surface area contributed by atoms with Gasteiger partial charge in [0.15, 0.2) is 4.77 Å². The smallest absolute Gasteiger partial charge is 0.262 e. The van der Waals surface area contributed by atoms with E-state index in [1.807, 2.05) is 31.2 Å². The van der Waals surface area contributed by atoms with E-state index >= 15 is 0 Å². The van der Waals surface area contributed by atoms with E-state index in [2.05, 4.69) is 11.9 Å². The zero-order valence-corrected chi connectivity index (χ0v) is 10.9. The van der Waals surface area contributed by atoms with Gasteiger partial charge in [-0.15, -0.1) is 0 Å². The van der Waals surface area contributed by atoms with Crippen molar-refractivity contribution in [2.75, 3.05) is 0 Å². The molecule has 0 radical (unpaired) electrons. The van der Waals surface area contributed by atoms with Crippen molar-refractivity contribution in [3.05, 3.63) is 39.4 Å². The third-order valence-corrected chi connectivity index (χ3v) is 3.28. The summed E-state index contributed by atoms with van der Waals surface area (Å²) in [5.74, 6) is 0. The fraction of sp³-hybridized carbons (Fsp3) is 0.385. The predicted octanol–water partition coefficient (Wildman–Crippen LogP) is 3.42. The largest absolute Gasteiger partial charge is 0.332 e. The monoisotopic (exact) mass is 248 g/mol. The first-order valence-electron chi connectivity index (χ1n) is 5.88. The Morgan fingerprint density at radius 3 is 2.82 bits per heavy atom. The molecule has 0 saturated heterocycles. The van der Waals surface area contributed by atoms with Gasteiger partial charge < -0.3 is 4.98 Å². The summed E-state index contributed by atoms with van der Waals surface area (Å²) < 4.78 is 2.19. The SMILES string of the molecule is CCCC(C)n1c(=S)[nH]c2ccccc2c1=O. The van der Waals surface area contributed by atoms with E-state index in [0.29, 0.717) is 10.2 Å². The summed E-state index contributed by atoms with van der Waals surface area (Å²) in [6, 6.07) is 7.61. The minimum Gasteiger partial charge on any atom is -0.332 e. The Morgan fingerprint density at radius 1 is 1.41 bits per heavy atom. The molecule has 0 fully saturated rings. The van der Waals surface area contributed by atoms with Gasteiger partial charge in [-0.1, -0.05) is 25.5 Å². The third-order valence-electron chi connectivity index (χ3n) is 2.98. The van der Waals surface area contributed by atoms with Gasteiger partial charge in [-0.3, -0.25) is 9.36 Å². The van der Waals surface area contributed by atoms with Crippen molar-refractivity contribution in [3.8, 4) is 0 Å². The lowest BCUT2D eigenvalue weighted by Crippen LogP contribution is -2.25. The third kappa shape index (κ3) is 2.17. The maximum absolute atomic E-state index is 12.3. The molecular weight excluding hydrogens is 232 g/mol. The Kier molecular flexibility index (Phi) is 3.43. The van der Waals surface area contributed by atoms with E-state index in [1.165, 1.54) is 0 Å². The number of benzene rings is 1. The molecule has 4 heteroatoms. The van der Waals surface area contributed by atoms with Gasteiger partial charge in [0, 0.05) is 6.04 Å². The van der Waals surface area contributed by atoms with Crippen molar-refractivity contribution in [1.82, 2.24) is 9.55 Å². The summed E-state index contributed by atoms with van der Waals surface area (Å²) in [5.41, 5.74) is 0.813. The molecule has 0 spiro atoms. The molecule has 1 heterocycles. The van der Waals surface area contributed by atoms with Crippen LogP contribution in [-0.2, 0) is 0 Å². The van der Waals surface area contributed by atoms with Crippen molar-refractivity contribution < 1.29 is 0 Å². The summed E-state index contributed by atoms with van der Waals surface area (Å²) in [6.07, 6.45) is 1.99. The van der Waals surface area contributed by atoms with Gasteiger partial charge in [-0.2, -0.15) is 0 Å². The first-order valence-corrected chi connectivity index (χ1v) is 6.29. The topological polar surface area (TPSA) is 37.8 Å². The Labute approximate surface area is 105 Å². The molecule has 90 valence electrons. The Hall–Kier alpha value is -1.42. The molecular formula is C13H16N2OS. The number of para-hydroxylation sites is 1. The second-order valence-electron chi connectivity index (χ2n) is 4.29. The van der Waals surface area contributed by atoms with Crippen LogP contribution in [0.3, 0.4) is 0 Å². The first kappa shape index (κ1) is 12.0. The van der Waals surface area contributed by atoms with Crippen LogP contribution in [0.1, 0.15) is 32.7 Å². The highest BCUT2D eigenvalue weighted by molar-refractivity contribution is 7.71. The molecule has 0 amide bonds. The number of aromatic amines is 1. The van der Waals surface area contributed by atoms with Crippen LogP contribution in [0.5, 0.6) is 0 Å². The van der Waals surface area contributed by atoms with E-state index in [9.17, 15) is 4.79 Å². The molecule has 2 rings (SSSR count). The van der Waals surface area contributed by atoms with Crippen LogP contribution in [0.15, 0.2) is 29.1 Å². The van der Waals surface area contributed by atoms with Crippen molar-refractivity contribution in [3.63, 3.8) is 0 Å². The Morgan fingerprint density at radius 2 is 2.12 bits per heavy atom. The van der Waals surface area contributed by atoms with Crippen LogP contribution in [0.4, 0.5) is 0 Å². The zero-order valence-electron chi connectivity index (χ0n) is 10.1. The summed E-state index contributed by atoms with van der Waals surface area (Å²) in [5, 5.41) is 0.698. The normalized spacial score (nSPS) is 12.8. The molecule has 0 bridgehead atoms. The lowest BCUT2D eigenvalue weighted by atomic mass is 10.2. The highest BCUT2D eigenvalue weighted by Gasteiger charge is 2.10. The number of aromatic nitrogens is 2. The molecule has 0 aliphatic carbocycles. The minimum atomic E-state index is 0.00491. The second-order valence-corrected chi connectivity index (χ2v) is 4.68. The number of hydrogen-bond donors (Lipinski definition) is 1. The second kappa shape index (κ2) is 4.84. The summed E-state index contributed by atoms with van der Waals surface area (Å²) in [6.45, 7) is 4.14. The maximum atomic E-state index is 12.3. The van der Waals surface area contributed by atoms with E-state index in [4.69, 9.17) is 12.2 Å². The van der Waals surface area contributed by atoms with Crippen LogP contribution in [-0.4, -0.2) is 9.55 Å². The van der Waals surface area contributed by atoms with E-state index < -0.39 is 0 Å². The molecule has 0 saturated carbocycles. The van der Waals surface area contributed by atoms with E-state index in [0.717, 1.165) is 18.4 Å². The predicted molar refractivity (Wildman–Crippen MR) is 73.0 cm³/mol. The number of H-pyrrole nitrogens is 1. The summed E-state index contributed by atoms with van der Waals surface area (Å²) in [4.78, 5) is 15.5. The Balaban J connectivity index is 2.72. The molecule has 3 nitrogen and oxygen atoms in total. The Bertz CT molecular complexity index is 642. The van der Waals surface area contributed by atoms with E-state index in [-0.39, 0.29) is 11.6 Å². The van der Waals surface area contributed by atoms with Crippen LogP contribution < -0.4 is 5.56 Å². The lowest BCUT2D eigenvalue weighted by molar-refractivity contribution is 0.478. The van der Waals surface area contributed by atoms with Crippen molar-refractivity contribution in [2.24, 2.45) is 0 Å². The summed E-state index contributed by atoms with van der Waals surface area (Å²) >= 11 is 5.26. The number of rotatable bonds is 3. The van der Waals surface area contributed by atoms with Gasteiger partial charge in [0.2, 0.25) is 0 Å². The highest BCUT2D eigenvalue weighted by Crippen LogP contribution is 2.13. The standard InChI is InChI=1S/C13H16N2OS/c1-3-6-9(2)15-12(16)10-7-4-5-8-11(10)14-13(15)17/h4-5,7-9H,3,6H2,1-2H3,(H,14,17). The fourth-order valence-electron chi connectivity index (χ4n) is 2.12. The van der Waals surface area contributed by atoms with Gasteiger partial charge in [-0.25, -0.2) is 0 Å². The number of fused-ring (bicyclic) bond motifs is 1. The van der Waals surface area contributed by atoms with E-state index in [1.54, 1.807) is 4.57 Å². The molecule has 1 aromatic heterocycles. The lowest BCUT2D eigenvalue weighted by Gasteiger charge is -2.14. The molecule has 17 heavy (non-hydrogen) atoms. The number of nitrogens with zero attached hydrogens (tertiary/aromatic N) is 1. The van der Waals surface area contributed by atoms with Crippen molar-refractivity contribution >= 4 is 23.1 Å². The van der Waals surface area contributed by atoms with Crippen LogP contribution in [0, 0.1) is 4.77 Å². The van der Waals surface area contributed by atoms with Crippen molar-refractivity contribution in [1.29, 1.82) is 0 Å². The molecule has 1 unspecified atom stereocenters. The molecule has 2 aromatic rings. The molecule has 0 aliphatic heterocycles. The van der Waals surface area contributed by atoms with Crippen molar-refractivity contribution in [2.45, 2.75) is 32.7 Å². The van der Waals surface area contributed by atoms with Crippen LogP contribution >= 0.6 is 12.2 Å². The first-order chi connectivity index (χ1) is 8.15. The highest BCUT2D eigenvalue weighted by atomic mass is 32.1. The van der Waals surface area contributed by atoms with Gasteiger partial charge in [0.1, 0.15) is 0 Å². The number of nitrogens with one attached hydrogen (secondary N) is 1. The van der Waals surface area contributed by atoms with Crippen LogP contribution in [0.25, 0.3) is 10.9 Å².